The molecule has 1 atom stereocenters. The molecule has 84 valence electrons. The molecule has 1 aromatic heterocycles. The van der Waals surface area contributed by atoms with E-state index in [4.69, 9.17) is 0 Å². The first-order valence-electron chi connectivity index (χ1n) is 5.31. The zero-order valence-electron chi connectivity index (χ0n) is 8.56. The molecule has 1 aromatic rings. The lowest BCUT2D eigenvalue weighted by molar-refractivity contribution is 0.145. The Morgan fingerprint density at radius 3 is 3.07 bits per heavy atom. The van der Waals surface area contributed by atoms with Crippen molar-refractivity contribution in [3.8, 4) is 0 Å². The summed E-state index contributed by atoms with van der Waals surface area (Å²) in [5.74, 6) is 0. The summed E-state index contributed by atoms with van der Waals surface area (Å²) in [5.41, 5.74) is -1.00. The van der Waals surface area contributed by atoms with Crippen LogP contribution in [0.25, 0.3) is 0 Å². The summed E-state index contributed by atoms with van der Waals surface area (Å²) in [6, 6.07) is 2.00. The van der Waals surface area contributed by atoms with Crippen molar-refractivity contribution in [2.24, 2.45) is 0 Å². The van der Waals surface area contributed by atoms with Gasteiger partial charge in [0.05, 0.1) is 0 Å². The van der Waals surface area contributed by atoms with Crippen molar-refractivity contribution in [2.45, 2.75) is 31.4 Å². The van der Waals surface area contributed by atoms with Gasteiger partial charge in [-0.3, -0.25) is 0 Å². The van der Waals surface area contributed by atoms with Crippen LogP contribution in [0.1, 0.15) is 24.1 Å². The minimum atomic E-state index is -1.00. The van der Waals surface area contributed by atoms with Crippen LogP contribution in [-0.2, 0) is 6.42 Å². The van der Waals surface area contributed by atoms with E-state index in [9.17, 15) is 4.39 Å². The molecule has 1 nitrogen and oxygen atoms in total. The lowest BCUT2D eigenvalue weighted by Crippen LogP contribution is -2.27. The first-order chi connectivity index (χ1) is 7.20. The minimum absolute atomic E-state index is 0.562. The highest BCUT2D eigenvalue weighted by atomic mass is 79.9. The Bertz CT molecular complexity index is 318. The van der Waals surface area contributed by atoms with Crippen LogP contribution in [0.15, 0.2) is 15.9 Å². The van der Waals surface area contributed by atoms with Crippen molar-refractivity contribution < 1.29 is 4.39 Å². The maximum absolute atomic E-state index is 14.5. The van der Waals surface area contributed by atoms with Crippen molar-refractivity contribution in [1.82, 2.24) is 5.32 Å². The molecule has 0 spiro atoms. The zero-order chi connectivity index (χ0) is 10.7. The minimum Gasteiger partial charge on any atom is -0.317 e. The quantitative estimate of drug-likeness (QED) is 0.879. The molecule has 0 aromatic carbocycles. The second kappa shape index (κ2) is 4.93. The largest absolute Gasteiger partial charge is 0.317 e. The Hall–Kier alpha value is 0.0700. The van der Waals surface area contributed by atoms with E-state index in [-0.39, 0.29) is 0 Å². The Kier molecular flexibility index (Phi) is 3.80. The molecule has 1 saturated heterocycles. The van der Waals surface area contributed by atoms with Gasteiger partial charge in [-0.2, -0.15) is 0 Å². The SMILES string of the molecule is FC1(Cc2sccc2Br)CCCNCC1. The van der Waals surface area contributed by atoms with Gasteiger partial charge in [-0.15, -0.1) is 11.3 Å². The maximum atomic E-state index is 14.5. The van der Waals surface area contributed by atoms with Crippen molar-refractivity contribution in [3.05, 3.63) is 20.8 Å². The summed E-state index contributed by atoms with van der Waals surface area (Å²) >= 11 is 5.11. The summed E-state index contributed by atoms with van der Waals surface area (Å²) < 4.78 is 15.6. The van der Waals surface area contributed by atoms with E-state index in [1.54, 1.807) is 11.3 Å². The third-order valence-electron chi connectivity index (χ3n) is 2.90. The summed E-state index contributed by atoms with van der Waals surface area (Å²) in [5, 5.41) is 5.26. The standard InChI is InChI=1S/C11H15BrFNS/c12-9-2-7-15-10(9)8-11(13)3-1-5-14-6-4-11/h2,7,14H,1,3-6,8H2. The lowest BCUT2D eigenvalue weighted by atomic mass is 9.92. The highest BCUT2D eigenvalue weighted by molar-refractivity contribution is 9.10. The van der Waals surface area contributed by atoms with Crippen LogP contribution in [0.4, 0.5) is 4.39 Å². The topological polar surface area (TPSA) is 12.0 Å². The predicted octanol–water partition coefficient (Wildman–Crippen LogP) is 3.53. The molecule has 15 heavy (non-hydrogen) atoms. The molecule has 1 aliphatic heterocycles. The van der Waals surface area contributed by atoms with Crippen LogP contribution >= 0.6 is 27.3 Å². The average Bonchev–Trinajstić information content (AvgIpc) is 2.48. The zero-order valence-corrected chi connectivity index (χ0v) is 11.0. The summed E-state index contributed by atoms with van der Waals surface area (Å²) in [4.78, 5) is 1.14. The second-order valence-corrected chi connectivity index (χ2v) is 5.98. The molecule has 1 aliphatic rings. The molecular weight excluding hydrogens is 277 g/mol. The number of hydrogen-bond donors (Lipinski definition) is 1. The first kappa shape index (κ1) is 11.6. The van der Waals surface area contributed by atoms with E-state index in [1.807, 2.05) is 11.4 Å². The molecule has 0 saturated carbocycles. The van der Waals surface area contributed by atoms with E-state index in [0.717, 1.165) is 28.9 Å². The molecule has 0 amide bonds. The fourth-order valence-electron chi connectivity index (χ4n) is 2.01. The highest BCUT2D eigenvalue weighted by Gasteiger charge is 2.31. The van der Waals surface area contributed by atoms with E-state index in [2.05, 4.69) is 21.2 Å². The Labute approximate surface area is 102 Å². The van der Waals surface area contributed by atoms with Crippen molar-refractivity contribution in [1.29, 1.82) is 0 Å². The average molecular weight is 292 g/mol. The van der Waals surface area contributed by atoms with Crippen LogP contribution in [0.5, 0.6) is 0 Å². The molecule has 0 aliphatic carbocycles. The third kappa shape index (κ3) is 3.02. The van der Waals surface area contributed by atoms with Gasteiger partial charge in [0, 0.05) is 15.8 Å². The van der Waals surface area contributed by atoms with Crippen LogP contribution in [0.3, 0.4) is 0 Å². The molecule has 1 N–H and O–H groups in total. The Morgan fingerprint density at radius 1 is 1.47 bits per heavy atom. The summed E-state index contributed by atoms with van der Waals surface area (Å²) in [6.45, 7) is 1.76. The summed E-state index contributed by atoms with van der Waals surface area (Å²) in [6.07, 6.45) is 2.83. The number of hydrogen-bond acceptors (Lipinski definition) is 2. The van der Waals surface area contributed by atoms with Crippen LogP contribution in [0.2, 0.25) is 0 Å². The molecule has 1 fully saturated rings. The first-order valence-corrected chi connectivity index (χ1v) is 6.98. The van der Waals surface area contributed by atoms with Gasteiger partial charge in [-0.1, -0.05) is 0 Å². The van der Waals surface area contributed by atoms with Crippen molar-refractivity contribution in [2.75, 3.05) is 13.1 Å². The van der Waals surface area contributed by atoms with E-state index in [1.165, 1.54) is 0 Å². The van der Waals surface area contributed by atoms with Gasteiger partial charge in [-0.05, 0) is 59.7 Å². The van der Waals surface area contributed by atoms with Gasteiger partial charge in [0.15, 0.2) is 0 Å². The van der Waals surface area contributed by atoms with Gasteiger partial charge in [0.1, 0.15) is 5.67 Å². The normalized spacial score (nSPS) is 27.6. The van der Waals surface area contributed by atoms with E-state index in [0.29, 0.717) is 19.3 Å². The van der Waals surface area contributed by atoms with Gasteiger partial charge in [0.25, 0.3) is 0 Å². The van der Waals surface area contributed by atoms with Crippen molar-refractivity contribution in [3.63, 3.8) is 0 Å². The number of nitrogens with one attached hydrogen (secondary N) is 1. The van der Waals surface area contributed by atoms with Gasteiger partial charge in [-0.25, -0.2) is 4.39 Å². The van der Waals surface area contributed by atoms with Crippen LogP contribution in [-0.4, -0.2) is 18.8 Å². The molecule has 0 bridgehead atoms. The molecule has 2 heterocycles. The third-order valence-corrected chi connectivity index (χ3v) is 4.82. The van der Waals surface area contributed by atoms with Gasteiger partial charge < -0.3 is 5.32 Å². The fourth-order valence-corrected chi connectivity index (χ4v) is 3.63. The Balaban J connectivity index is 2.05. The summed E-state index contributed by atoms with van der Waals surface area (Å²) in [7, 11) is 0. The fraction of sp³-hybridized carbons (Fsp3) is 0.636. The number of alkyl halides is 1. The molecule has 0 radical (unpaired) electrons. The smallest absolute Gasteiger partial charge is 0.117 e. The van der Waals surface area contributed by atoms with Gasteiger partial charge >= 0.3 is 0 Å². The van der Waals surface area contributed by atoms with Gasteiger partial charge in [0.2, 0.25) is 0 Å². The predicted molar refractivity (Wildman–Crippen MR) is 66.3 cm³/mol. The number of halogens is 2. The van der Waals surface area contributed by atoms with Crippen LogP contribution < -0.4 is 5.32 Å². The Morgan fingerprint density at radius 2 is 2.33 bits per heavy atom. The molecule has 4 heteroatoms. The molecular formula is C11H15BrFNS. The molecule has 2 rings (SSSR count). The van der Waals surface area contributed by atoms with E-state index < -0.39 is 5.67 Å². The second-order valence-electron chi connectivity index (χ2n) is 4.12. The van der Waals surface area contributed by atoms with Crippen LogP contribution in [0, 0.1) is 0 Å². The maximum Gasteiger partial charge on any atom is 0.117 e. The van der Waals surface area contributed by atoms with E-state index >= 15 is 0 Å². The number of rotatable bonds is 2. The number of thiophene rings is 1. The lowest BCUT2D eigenvalue weighted by Gasteiger charge is -2.22. The monoisotopic (exact) mass is 291 g/mol. The highest BCUT2D eigenvalue weighted by Crippen LogP contribution is 2.33. The van der Waals surface area contributed by atoms with Crippen molar-refractivity contribution >= 4 is 27.3 Å². The molecule has 1 unspecified atom stereocenters.